The van der Waals surface area contributed by atoms with E-state index in [0.29, 0.717) is 17.8 Å². The summed E-state index contributed by atoms with van der Waals surface area (Å²) in [4.78, 5) is 24.5. The fourth-order valence-corrected chi connectivity index (χ4v) is 3.85. The predicted octanol–water partition coefficient (Wildman–Crippen LogP) is 1.46. The molecule has 0 saturated carbocycles. The van der Waals surface area contributed by atoms with Gasteiger partial charge < -0.3 is 15.1 Å². The fraction of sp³-hybridized carbons (Fsp3) is 0.667. The Hall–Kier alpha value is -1.60. The van der Waals surface area contributed by atoms with E-state index in [9.17, 15) is 4.79 Å². The number of nitrogens with zero attached hydrogens (tertiary/aromatic N) is 4. The van der Waals surface area contributed by atoms with Crippen LogP contribution < -0.4 is 15.5 Å². The molecule has 1 aromatic rings. The van der Waals surface area contributed by atoms with Crippen LogP contribution in [0.2, 0.25) is 0 Å². The number of carbonyl (C=O) groups is 1. The van der Waals surface area contributed by atoms with Crippen molar-refractivity contribution in [2.24, 2.45) is 5.41 Å². The number of halogens is 1. The van der Waals surface area contributed by atoms with Gasteiger partial charge in [-0.3, -0.25) is 5.32 Å². The molecule has 1 spiro atoms. The van der Waals surface area contributed by atoms with Gasteiger partial charge in [-0.25, -0.2) is 14.8 Å². The monoisotopic (exact) mass is 338 g/mol. The van der Waals surface area contributed by atoms with Gasteiger partial charge in [0.1, 0.15) is 18.0 Å². The number of anilines is 2. The minimum absolute atomic E-state index is 0. The first kappa shape index (κ1) is 16.3. The van der Waals surface area contributed by atoms with Crippen LogP contribution in [-0.2, 0) is 6.54 Å². The van der Waals surface area contributed by atoms with Gasteiger partial charge in [0.05, 0.1) is 12.1 Å². The SMILES string of the molecule is CN1Cc2c(ncnc2N2CCC3(CCNC3)CC2)NC1=O.Cl. The van der Waals surface area contributed by atoms with Crippen molar-refractivity contribution in [2.45, 2.75) is 25.8 Å². The number of amides is 2. The Morgan fingerprint density at radius 2 is 2.00 bits per heavy atom. The third kappa shape index (κ3) is 2.83. The molecule has 0 atom stereocenters. The highest BCUT2D eigenvalue weighted by Crippen LogP contribution is 2.39. The van der Waals surface area contributed by atoms with Crippen molar-refractivity contribution < 1.29 is 4.79 Å². The van der Waals surface area contributed by atoms with E-state index in [1.807, 2.05) is 0 Å². The first-order valence-corrected chi connectivity index (χ1v) is 7.99. The van der Waals surface area contributed by atoms with Crippen LogP contribution in [-0.4, -0.2) is 54.1 Å². The number of urea groups is 1. The van der Waals surface area contributed by atoms with Crippen LogP contribution >= 0.6 is 12.4 Å². The molecule has 0 bridgehead atoms. The van der Waals surface area contributed by atoms with Gasteiger partial charge in [0, 0.05) is 26.7 Å². The molecule has 2 amide bonds. The van der Waals surface area contributed by atoms with Crippen molar-refractivity contribution in [1.29, 1.82) is 0 Å². The number of hydrogen-bond acceptors (Lipinski definition) is 5. The number of aromatic nitrogens is 2. The molecule has 126 valence electrons. The van der Waals surface area contributed by atoms with E-state index in [1.165, 1.54) is 19.3 Å². The van der Waals surface area contributed by atoms with Gasteiger partial charge in [-0.05, 0) is 31.2 Å². The maximum absolute atomic E-state index is 11.7. The molecule has 8 heteroatoms. The van der Waals surface area contributed by atoms with Crippen LogP contribution in [0.4, 0.5) is 16.4 Å². The number of rotatable bonds is 1. The van der Waals surface area contributed by atoms with Gasteiger partial charge in [0.15, 0.2) is 0 Å². The maximum atomic E-state index is 11.7. The Morgan fingerprint density at radius 1 is 1.22 bits per heavy atom. The van der Waals surface area contributed by atoms with Crippen LogP contribution in [0.25, 0.3) is 0 Å². The quantitative estimate of drug-likeness (QED) is 0.811. The number of hydrogen-bond donors (Lipinski definition) is 2. The first-order valence-electron chi connectivity index (χ1n) is 7.99. The zero-order chi connectivity index (χ0) is 15.2. The van der Waals surface area contributed by atoms with Crippen molar-refractivity contribution in [1.82, 2.24) is 20.2 Å². The molecule has 2 saturated heterocycles. The molecule has 0 aliphatic carbocycles. The van der Waals surface area contributed by atoms with E-state index in [-0.39, 0.29) is 18.4 Å². The average Bonchev–Trinajstić information content (AvgIpc) is 2.97. The predicted molar refractivity (Wildman–Crippen MR) is 91.1 cm³/mol. The highest BCUT2D eigenvalue weighted by molar-refractivity contribution is 5.91. The Kier molecular flexibility index (Phi) is 4.33. The zero-order valence-electron chi connectivity index (χ0n) is 13.3. The third-order valence-electron chi connectivity index (χ3n) is 5.35. The minimum atomic E-state index is -0.105. The Morgan fingerprint density at radius 3 is 2.70 bits per heavy atom. The highest BCUT2D eigenvalue weighted by atomic mass is 35.5. The largest absolute Gasteiger partial charge is 0.356 e. The molecule has 2 N–H and O–H groups in total. The van der Waals surface area contributed by atoms with Crippen LogP contribution in [0.3, 0.4) is 0 Å². The van der Waals surface area contributed by atoms with Crippen molar-refractivity contribution >= 4 is 30.1 Å². The van der Waals surface area contributed by atoms with Crippen molar-refractivity contribution in [3.8, 4) is 0 Å². The lowest BCUT2D eigenvalue weighted by molar-refractivity contribution is 0.218. The molecular formula is C15H23ClN6O. The van der Waals surface area contributed by atoms with E-state index < -0.39 is 0 Å². The van der Waals surface area contributed by atoms with E-state index >= 15 is 0 Å². The molecule has 1 aromatic heterocycles. The van der Waals surface area contributed by atoms with Crippen molar-refractivity contribution in [3.05, 3.63) is 11.9 Å². The molecule has 4 heterocycles. The number of nitrogens with one attached hydrogen (secondary N) is 2. The van der Waals surface area contributed by atoms with Crippen LogP contribution in [0, 0.1) is 5.41 Å². The Balaban J connectivity index is 0.00000156. The lowest BCUT2D eigenvalue weighted by Gasteiger charge is -2.40. The minimum Gasteiger partial charge on any atom is -0.356 e. The van der Waals surface area contributed by atoms with Gasteiger partial charge in [0.25, 0.3) is 0 Å². The van der Waals surface area contributed by atoms with E-state index in [4.69, 9.17) is 0 Å². The smallest absolute Gasteiger partial charge is 0.323 e. The highest BCUT2D eigenvalue weighted by Gasteiger charge is 2.38. The summed E-state index contributed by atoms with van der Waals surface area (Å²) < 4.78 is 0. The summed E-state index contributed by atoms with van der Waals surface area (Å²) >= 11 is 0. The lowest BCUT2D eigenvalue weighted by atomic mass is 9.78. The third-order valence-corrected chi connectivity index (χ3v) is 5.35. The molecule has 0 unspecified atom stereocenters. The summed E-state index contributed by atoms with van der Waals surface area (Å²) in [6, 6.07) is -0.105. The number of carbonyl (C=O) groups excluding carboxylic acids is 1. The van der Waals surface area contributed by atoms with E-state index in [1.54, 1.807) is 18.3 Å². The standard InChI is InChI=1S/C15H22N6O.ClH/c1-20-8-11-12(19-14(20)22)17-10-18-13(11)21-6-3-15(4-7-21)2-5-16-9-15;/h10,16H,2-9H2,1H3,(H,17,18,19,22);1H. The lowest BCUT2D eigenvalue weighted by Crippen LogP contribution is -2.43. The second kappa shape index (κ2) is 6.13. The van der Waals surface area contributed by atoms with Crippen molar-refractivity contribution in [2.75, 3.05) is 43.4 Å². The van der Waals surface area contributed by atoms with Gasteiger partial charge in [-0.1, -0.05) is 0 Å². The summed E-state index contributed by atoms with van der Waals surface area (Å²) in [7, 11) is 1.80. The first-order chi connectivity index (χ1) is 10.7. The summed E-state index contributed by atoms with van der Waals surface area (Å²) in [5.41, 5.74) is 1.53. The maximum Gasteiger partial charge on any atom is 0.323 e. The molecule has 0 aromatic carbocycles. The fourth-order valence-electron chi connectivity index (χ4n) is 3.85. The second-order valence-corrected chi connectivity index (χ2v) is 6.72. The Labute approximate surface area is 142 Å². The van der Waals surface area contributed by atoms with Gasteiger partial charge in [-0.15, -0.1) is 12.4 Å². The van der Waals surface area contributed by atoms with Crippen LogP contribution in [0.1, 0.15) is 24.8 Å². The Bertz CT molecular complexity index is 594. The molecule has 3 aliphatic rings. The molecule has 3 aliphatic heterocycles. The number of piperidine rings is 1. The van der Waals surface area contributed by atoms with E-state index in [2.05, 4.69) is 25.5 Å². The van der Waals surface area contributed by atoms with Crippen LogP contribution in [0.5, 0.6) is 0 Å². The summed E-state index contributed by atoms with van der Waals surface area (Å²) in [6.45, 7) is 4.94. The van der Waals surface area contributed by atoms with Gasteiger partial charge in [-0.2, -0.15) is 0 Å². The summed E-state index contributed by atoms with van der Waals surface area (Å²) in [5.74, 6) is 1.65. The van der Waals surface area contributed by atoms with Gasteiger partial charge >= 0.3 is 6.03 Å². The average molecular weight is 339 g/mol. The normalized spacial score (nSPS) is 22.6. The molecular weight excluding hydrogens is 316 g/mol. The van der Waals surface area contributed by atoms with E-state index in [0.717, 1.165) is 37.6 Å². The second-order valence-electron chi connectivity index (χ2n) is 6.72. The van der Waals surface area contributed by atoms with Gasteiger partial charge in [0.2, 0.25) is 0 Å². The molecule has 23 heavy (non-hydrogen) atoms. The summed E-state index contributed by atoms with van der Waals surface area (Å²) in [6.07, 6.45) is 5.27. The molecule has 4 rings (SSSR count). The molecule has 0 radical (unpaired) electrons. The zero-order valence-corrected chi connectivity index (χ0v) is 14.2. The topological polar surface area (TPSA) is 73.4 Å². The molecule has 2 fully saturated rings. The van der Waals surface area contributed by atoms with Crippen molar-refractivity contribution in [3.63, 3.8) is 0 Å². The van der Waals surface area contributed by atoms with Crippen LogP contribution in [0.15, 0.2) is 6.33 Å². The number of fused-ring (bicyclic) bond motifs is 1. The molecule has 7 nitrogen and oxygen atoms in total. The summed E-state index contributed by atoms with van der Waals surface area (Å²) in [5, 5.41) is 6.34.